The molecule has 0 unspecified atom stereocenters. The van der Waals surface area contributed by atoms with E-state index in [2.05, 4.69) is 35.8 Å². The van der Waals surface area contributed by atoms with Gasteiger partial charge in [-0.25, -0.2) is 9.37 Å². The summed E-state index contributed by atoms with van der Waals surface area (Å²) in [5, 5.41) is 14.8. The molecule has 1 aliphatic heterocycles. The predicted octanol–water partition coefficient (Wildman–Crippen LogP) is 5.71. The third-order valence-corrected chi connectivity index (χ3v) is 7.88. The summed E-state index contributed by atoms with van der Waals surface area (Å²) in [4.78, 5) is 29.7. The van der Waals surface area contributed by atoms with E-state index in [1.165, 1.54) is 19.2 Å². The highest BCUT2D eigenvalue weighted by atomic mass is 19.1. The molecular weight excluding hydrogens is 547 g/mol. The number of piperidine rings is 1. The van der Waals surface area contributed by atoms with Crippen molar-refractivity contribution in [3.05, 3.63) is 73.1 Å². The number of rotatable bonds is 7. The molecule has 1 fully saturated rings. The Morgan fingerprint density at radius 2 is 1.86 bits per heavy atom. The Bertz CT molecular complexity index is 1960. The molecule has 0 atom stereocenters. The van der Waals surface area contributed by atoms with Gasteiger partial charge in [-0.05, 0) is 73.8 Å². The van der Waals surface area contributed by atoms with E-state index in [4.69, 9.17) is 9.72 Å². The lowest BCUT2D eigenvalue weighted by Crippen LogP contribution is -2.30. The van der Waals surface area contributed by atoms with E-state index in [1.54, 1.807) is 30.9 Å². The maximum Gasteiger partial charge on any atom is 0.224 e. The number of nitrogens with one attached hydrogen (secondary N) is 4. The number of nitrogens with zero attached hydrogens (tertiary/aromatic N) is 4. The van der Waals surface area contributed by atoms with Crippen LogP contribution in [0.5, 0.6) is 5.75 Å². The normalized spacial score (nSPS) is 13.9. The second kappa shape index (κ2) is 11.3. The van der Waals surface area contributed by atoms with E-state index in [1.807, 2.05) is 24.3 Å². The topological polar surface area (TPSA) is 134 Å². The quantitative estimate of drug-likeness (QED) is 0.191. The van der Waals surface area contributed by atoms with Gasteiger partial charge in [0.1, 0.15) is 22.8 Å². The summed E-state index contributed by atoms with van der Waals surface area (Å²) < 4.78 is 19.6. The smallest absolute Gasteiger partial charge is 0.224 e. The summed E-state index contributed by atoms with van der Waals surface area (Å²) in [7, 11) is 1.51. The van der Waals surface area contributed by atoms with Crippen molar-refractivity contribution in [3.8, 4) is 39.5 Å². The number of methoxy groups -OCH3 is 1. The number of hydrogen-bond donors (Lipinski definition) is 4. The molecule has 6 aromatic rings. The van der Waals surface area contributed by atoms with Crippen molar-refractivity contribution in [1.29, 1.82) is 0 Å². The number of amides is 1. The van der Waals surface area contributed by atoms with E-state index in [0.29, 0.717) is 46.2 Å². The first-order valence-corrected chi connectivity index (χ1v) is 14.2. The molecule has 0 spiro atoms. The third-order valence-electron chi connectivity index (χ3n) is 7.88. The summed E-state index contributed by atoms with van der Waals surface area (Å²) in [6.07, 6.45) is 9.33. The monoisotopic (exact) mass is 576 g/mol. The van der Waals surface area contributed by atoms with Crippen molar-refractivity contribution in [1.82, 2.24) is 35.5 Å². The van der Waals surface area contributed by atoms with Crippen LogP contribution in [-0.4, -0.2) is 56.2 Å². The SMILES string of the molecule is COc1cc(F)cc(-c2cncc3[nH]c(-c4n[nH]c5ccc(-c6cncc(NC(=O)CC7CCNCC7)c6)nc45)cc23)c1. The number of aromatic amines is 2. The zero-order valence-electron chi connectivity index (χ0n) is 23.4. The van der Waals surface area contributed by atoms with Crippen molar-refractivity contribution in [2.75, 3.05) is 25.5 Å². The fourth-order valence-electron chi connectivity index (χ4n) is 5.70. The van der Waals surface area contributed by atoms with Gasteiger partial charge in [-0.2, -0.15) is 5.10 Å². The Balaban J connectivity index is 1.20. The fraction of sp³-hybridized carbons (Fsp3) is 0.219. The Kier molecular flexibility index (Phi) is 6.99. The zero-order chi connectivity index (χ0) is 29.3. The number of benzene rings is 1. The van der Waals surface area contributed by atoms with Gasteiger partial charge in [0.25, 0.3) is 0 Å². The molecule has 1 saturated heterocycles. The minimum atomic E-state index is -0.392. The number of aromatic nitrogens is 6. The molecule has 6 heterocycles. The highest BCUT2D eigenvalue weighted by Crippen LogP contribution is 2.35. The molecule has 5 aromatic heterocycles. The van der Waals surface area contributed by atoms with Crippen molar-refractivity contribution in [2.24, 2.45) is 5.92 Å². The van der Waals surface area contributed by atoms with Crippen molar-refractivity contribution in [3.63, 3.8) is 0 Å². The highest BCUT2D eigenvalue weighted by molar-refractivity contribution is 6.00. The molecule has 216 valence electrons. The minimum Gasteiger partial charge on any atom is -0.497 e. The van der Waals surface area contributed by atoms with E-state index in [-0.39, 0.29) is 5.91 Å². The van der Waals surface area contributed by atoms with Gasteiger partial charge in [0.2, 0.25) is 5.91 Å². The van der Waals surface area contributed by atoms with Gasteiger partial charge >= 0.3 is 0 Å². The maximum atomic E-state index is 14.3. The third kappa shape index (κ3) is 5.42. The van der Waals surface area contributed by atoms with Crippen LogP contribution in [0.1, 0.15) is 19.3 Å². The maximum absolute atomic E-state index is 14.3. The number of halogens is 1. The van der Waals surface area contributed by atoms with E-state index < -0.39 is 5.82 Å². The van der Waals surface area contributed by atoms with Crippen LogP contribution in [0.25, 0.3) is 55.7 Å². The largest absolute Gasteiger partial charge is 0.497 e. The molecule has 0 bridgehead atoms. The van der Waals surface area contributed by atoms with Gasteiger partial charge in [0.15, 0.2) is 0 Å². The number of H-pyrrole nitrogens is 2. The molecule has 11 heteroatoms. The van der Waals surface area contributed by atoms with Gasteiger partial charge in [-0.1, -0.05) is 0 Å². The average molecular weight is 577 g/mol. The fourth-order valence-corrected chi connectivity index (χ4v) is 5.70. The number of anilines is 1. The van der Waals surface area contributed by atoms with Crippen LogP contribution in [0.2, 0.25) is 0 Å². The number of ether oxygens (including phenoxy) is 1. The van der Waals surface area contributed by atoms with Crippen LogP contribution in [0.15, 0.2) is 67.3 Å². The lowest BCUT2D eigenvalue weighted by Gasteiger charge is -2.21. The predicted molar refractivity (Wildman–Crippen MR) is 163 cm³/mol. The Labute approximate surface area is 246 Å². The zero-order valence-corrected chi connectivity index (χ0v) is 23.4. The van der Waals surface area contributed by atoms with Gasteiger partial charge in [-0.15, -0.1) is 0 Å². The molecule has 10 nitrogen and oxygen atoms in total. The summed E-state index contributed by atoms with van der Waals surface area (Å²) in [5.74, 6) is 0.430. The minimum absolute atomic E-state index is 0.00395. The van der Waals surface area contributed by atoms with Crippen LogP contribution in [0, 0.1) is 11.7 Å². The lowest BCUT2D eigenvalue weighted by atomic mass is 9.94. The first-order chi connectivity index (χ1) is 21.0. The first-order valence-electron chi connectivity index (χ1n) is 14.2. The number of fused-ring (bicyclic) bond motifs is 2. The van der Waals surface area contributed by atoms with Crippen LogP contribution in [-0.2, 0) is 4.79 Å². The Morgan fingerprint density at radius 1 is 1.00 bits per heavy atom. The summed E-state index contributed by atoms with van der Waals surface area (Å²) >= 11 is 0. The molecule has 7 rings (SSSR count). The first kappa shape index (κ1) is 26.7. The number of carbonyl (C=O) groups is 1. The molecule has 4 N–H and O–H groups in total. The van der Waals surface area contributed by atoms with Gasteiger partial charge in [0, 0.05) is 41.4 Å². The van der Waals surface area contributed by atoms with Gasteiger partial charge in [-0.3, -0.25) is 19.9 Å². The second-order valence-corrected chi connectivity index (χ2v) is 10.8. The molecule has 0 saturated carbocycles. The Hall–Kier alpha value is -5.16. The lowest BCUT2D eigenvalue weighted by molar-refractivity contribution is -0.117. The summed E-state index contributed by atoms with van der Waals surface area (Å²) in [5.41, 5.74) is 7.11. The van der Waals surface area contributed by atoms with Gasteiger partial charge in [0.05, 0.1) is 47.6 Å². The number of carbonyl (C=O) groups excluding carboxylic acids is 1. The number of hydrogen-bond acceptors (Lipinski definition) is 7. The van der Waals surface area contributed by atoms with E-state index >= 15 is 0 Å². The van der Waals surface area contributed by atoms with Crippen LogP contribution < -0.4 is 15.4 Å². The molecule has 1 aliphatic rings. The molecule has 43 heavy (non-hydrogen) atoms. The van der Waals surface area contributed by atoms with Crippen molar-refractivity contribution < 1.29 is 13.9 Å². The summed E-state index contributed by atoms with van der Waals surface area (Å²) in [6, 6.07) is 12.2. The molecule has 1 amide bonds. The summed E-state index contributed by atoms with van der Waals surface area (Å²) in [6.45, 7) is 1.91. The van der Waals surface area contributed by atoms with Crippen LogP contribution in [0.4, 0.5) is 10.1 Å². The van der Waals surface area contributed by atoms with Gasteiger partial charge < -0.3 is 20.4 Å². The molecule has 0 aliphatic carbocycles. The Morgan fingerprint density at radius 3 is 2.72 bits per heavy atom. The second-order valence-electron chi connectivity index (χ2n) is 10.8. The molecule has 0 radical (unpaired) electrons. The highest BCUT2D eigenvalue weighted by Gasteiger charge is 2.19. The van der Waals surface area contributed by atoms with Crippen LogP contribution >= 0.6 is 0 Å². The number of pyridine rings is 3. The molecular formula is C32H29FN8O2. The van der Waals surface area contributed by atoms with Crippen molar-refractivity contribution >= 4 is 33.5 Å². The standard InChI is InChI=1S/C32H29FN8O2/c1-43-23-11-19(9-21(33)12-23)25-16-36-17-29-24(25)13-28(38-29)32-31-27(40-41-32)3-2-26(39-31)20-10-22(15-35-14-20)37-30(42)8-18-4-6-34-7-5-18/h2-3,9-18,34,38H,4-8H2,1H3,(H,37,42)(H,40,41). The van der Waals surface area contributed by atoms with E-state index in [0.717, 1.165) is 59.2 Å². The van der Waals surface area contributed by atoms with E-state index in [9.17, 15) is 9.18 Å². The van der Waals surface area contributed by atoms with Crippen molar-refractivity contribution in [2.45, 2.75) is 19.3 Å². The molecule has 1 aromatic carbocycles. The average Bonchev–Trinajstić information content (AvgIpc) is 3.65. The van der Waals surface area contributed by atoms with Crippen LogP contribution in [0.3, 0.4) is 0 Å².